The van der Waals surface area contributed by atoms with Gasteiger partial charge in [-0.2, -0.15) is 0 Å². The first-order valence-corrected chi connectivity index (χ1v) is 5.91. The summed E-state index contributed by atoms with van der Waals surface area (Å²) in [5.41, 5.74) is 7.24. The van der Waals surface area contributed by atoms with Crippen molar-refractivity contribution >= 4 is 17.2 Å². The van der Waals surface area contributed by atoms with Gasteiger partial charge >= 0.3 is 0 Å². The Morgan fingerprint density at radius 3 is 2.87 bits per heavy atom. The number of hydrogen-bond donors (Lipinski definition) is 2. The van der Waals surface area contributed by atoms with Crippen LogP contribution in [-0.4, -0.2) is 23.5 Å². The lowest BCUT2D eigenvalue weighted by atomic mass is 10.0. The van der Waals surface area contributed by atoms with Crippen LogP contribution in [0.2, 0.25) is 0 Å². The van der Waals surface area contributed by atoms with Crippen molar-refractivity contribution in [3.05, 3.63) is 16.6 Å². The molecule has 1 unspecified atom stereocenters. The number of nitrogens with one attached hydrogen (secondary N) is 1. The molecular formula is C10H17N3OS. The van der Waals surface area contributed by atoms with E-state index in [9.17, 15) is 4.79 Å². The van der Waals surface area contributed by atoms with Gasteiger partial charge in [0, 0.05) is 12.6 Å². The Labute approximate surface area is 93.9 Å². The highest BCUT2D eigenvalue weighted by atomic mass is 32.1. The van der Waals surface area contributed by atoms with Gasteiger partial charge in [-0.25, -0.2) is 0 Å². The molecule has 1 amide bonds. The fourth-order valence-corrected chi connectivity index (χ4v) is 1.89. The monoisotopic (exact) mass is 227 g/mol. The lowest BCUT2D eigenvalue weighted by Crippen LogP contribution is -2.40. The Balaban J connectivity index is 2.48. The minimum absolute atomic E-state index is 0.0552. The van der Waals surface area contributed by atoms with Crippen molar-refractivity contribution in [3.63, 3.8) is 0 Å². The van der Waals surface area contributed by atoms with E-state index in [-0.39, 0.29) is 11.9 Å². The van der Waals surface area contributed by atoms with E-state index in [1.165, 1.54) is 11.3 Å². The van der Waals surface area contributed by atoms with Crippen molar-refractivity contribution in [1.29, 1.82) is 0 Å². The minimum atomic E-state index is -0.0754. The quantitative estimate of drug-likeness (QED) is 0.795. The zero-order valence-corrected chi connectivity index (χ0v) is 9.88. The molecule has 0 aromatic carbocycles. The molecular weight excluding hydrogens is 210 g/mol. The maximum atomic E-state index is 11.7. The lowest BCUT2D eigenvalue weighted by molar-refractivity contribution is 0.0937. The van der Waals surface area contributed by atoms with Crippen LogP contribution in [0.25, 0.3) is 0 Å². The van der Waals surface area contributed by atoms with E-state index in [0.29, 0.717) is 17.3 Å². The number of hydrogen-bond acceptors (Lipinski definition) is 4. The highest BCUT2D eigenvalue weighted by Gasteiger charge is 2.14. The highest BCUT2D eigenvalue weighted by molar-refractivity contribution is 7.11. The summed E-state index contributed by atoms with van der Waals surface area (Å²) in [6.07, 6.45) is 2.48. The van der Waals surface area contributed by atoms with E-state index < -0.39 is 0 Å². The average molecular weight is 227 g/mol. The molecule has 4 nitrogen and oxygen atoms in total. The first-order chi connectivity index (χ1) is 7.13. The number of nitrogens with zero attached hydrogens (tertiary/aromatic N) is 1. The summed E-state index contributed by atoms with van der Waals surface area (Å²) in [6.45, 7) is 4.70. The third-order valence-corrected chi connectivity index (χ3v) is 2.80. The molecule has 0 saturated carbocycles. The van der Waals surface area contributed by atoms with Crippen LogP contribution in [0.3, 0.4) is 0 Å². The van der Waals surface area contributed by atoms with E-state index in [4.69, 9.17) is 5.73 Å². The summed E-state index contributed by atoms with van der Waals surface area (Å²) < 4.78 is 0. The predicted octanol–water partition coefficient (Wildman–Crippen LogP) is 1.25. The number of aromatic nitrogens is 1. The van der Waals surface area contributed by atoms with Gasteiger partial charge in [-0.15, -0.1) is 11.3 Å². The van der Waals surface area contributed by atoms with Crippen molar-refractivity contribution in [2.24, 2.45) is 11.7 Å². The Kier molecular flexibility index (Phi) is 4.71. The zero-order chi connectivity index (χ0) is 11.3. The second-order valence-electron chi connectivity index (χ2n) is 3.90. The maximum Gasteiger partial charge on any atom is 0.263 e. The number of nitrogens with two attached hydrogens (primary N) is 1. The van der Waals surface area contributed by atoms with Crippen molar-refractivity contribution in [1.82, 2.24) is 10.3 Å². The van der Waals surface area contributed by atoms with Crippen LogP contribution in [0.15, 0.2) is 11.7 Å². The van der Waals surface area contributed by atoms with E-state index in [1.54, 1.807) is 11.7 Å². The second-order valence-corrected chi connectivity index (χ2v) is 4.79. The Hall–Kier alpha value is -0.940. The molecule has 1 atom stereocenters. The van der Waals surface area contributed by atoms with Gasteiger partial charge in [0.05, 0.1) is 11.7 Å². The minimum Gasteiger partial charge on any atom is -0.347 e. The van der Waals surface area contributed by atoms with Crippen LogP contribution in [-0.2, 0) is 0 Å². The molecule has 84 valence electrons. The Morgan fingerprint density at radius 2 is 2.40 bits per heavy atom. The summed E-state index contributed by atoms with van der Waals surface area (Å²) in [7, 11) is 0. The highest BCUT2D eigenvalue weighted by Crippen LogP contribution is 2.08. The van der Waals surface area contributed by atoms with Crippen molar-refractivity contribution in [2.75, 3.05) is 6.54 Å². The maximum absolute atomic E-state index is 11.7. The van der Waals surface area contributed by atoms with Gasteiger partial charge < -0.3 is 11.1 Å². The first kappa shape index (κ1) is 12.1. The zero-order valence-electron chi connectivity index (χ0n) is 9.06. The summed E-state index contributed by atoms with van der Waals surface area (Å²) in [5.74, 6) is 0.453. The molecule has 0 aliphatic heterocycles. The summed E-state index contributed by atoms with van der Waals surface area (Å²) in [5, 5.41) is 2.91. The molecule has 1 heterocycles. The van der Waals surface area contributed by atoms with E-state index >= 15 is 0 Å². The standard InChI is InChI=1S/C10H17N3OS/c1-7(2)3-8(4-11)13-10(14)9-5-12-6-15-9/h5-8H,3-4,11H2,1-2H3,(H,13,14). The van der Waals surface area contributed by atoms with Crippen LogP contribution < -0.4 is 11.1 Å². The van der Waals surface area contributed by atoms with Crippen molar-refractivity contribution in [2.45, 2.75) is 26.3 Å². The van der Waals surface area contributed by atoms with Crippen LogP contribution in [0, 0.1) is 5.92 Å². The molecule has 3 N–H and O–H groups in total. The molecule has 1 aromatic heterocycles. The Bertz CT molecular complexity index is 298. The predicted molar refractivity (Wildman–Crippen MR) is 61.9 cm³/mol. The molecule has 0 bridgehead atoms. The number of carbonyl (C=O) groups excluding carboxylic acids is 1. The number of rotatable bonds is 5. The van der Waals surface area contributed by atoms with Crippen LogP contribution in [0.4, 0.5) is 0 Å². The second kappa shape index (κ2) is 5.82. The molecule has 1 aromatic rings. The molecule has 0 fully saturated rings. The van der Waals surface area contributed by atoms with Gasteiger partial charge in [-0.05, 0) is 12.3 Å². The SMILES string of the molecule is CC(C)CC(CN)NC(=O)c1cncs1. The van der Waals surface area contributed by atoms with Crippen LogP contribution >= 0.6 is 11.3 Å². The lowest BCUT2D eigenvalue weighted by Gasteiger charge is -2.18. The molecule has 0 radical (unpaired) electrons. The molecule has 0 aliphatic rings. The number of carbonyl (C=O) groups is 1. The molecule has 0 saturated heterocycles. The third-order valence-electron chi connectivity index (χ3n) is 2.03. The van der Waals surface area contributed by atoms with E-state index in [1.807, 2.05) is 0 Å². The number of thiazole rings is 1. The van der Waals surface area contributed by atoms with Gasteiger partial charge in [0.15, 0.2) is 0 Å². The van der Waals surface area contributed by atoms with Gasteiger partial charge in [0.25, 0.3) is 5.91 Å². The van der Waals surface area contributed by atoms with E-state index in [2.05, 4.69) is 24.1 Å². The average Bonchev–Trinajstić information content (AvgIpc) is 2.68. The fourth-order valence-electron chi connectivity index (χ4n) is 1.37. The van der Waals surface area contributed by atoms with Gasteiger partial charge in [0.1, 0.15) is 4.88 Å². The molecule has 5 heteroatoms. The third kappa shape index (κ3) is 3.97. The normalized spacial score (nSPS) is 12.8. The number of amides is 1. The summed E-state index contributed by atoms with van der Waals surface area (Å²) >= 11 is 1.34. The van der Waals surface area contributed by atoms with Crippen LogP contribution in [0.1, 0.15) is 29.9 Å². The summed E-state index contributed by atoms with van der Waals surface area (Å²) in [6, 6.07) is 0.0552. The Morgan fingerprint density at radius 1 is 1.67 bits per heavy atom. The topological polar surface area (TPSA) is 68.0 Å². The van der Waals surface area contributed by atoms with E-state index in [0.717, 1.165) is 6.42 Å². The molecule has 0 aliphatic carbocycles. The van der Waals surface area contributed by atoms with Gasteiger partial charge in [0.2, 0.25) is 0 Å². The van der Waals surface area contributed by atoms with Gasteiger partial charge in [-0.3, -0.25) is 9.78 Å². The summed E-state index contributed by atoms with van der Waals surface area (Å²) in [4.78, 5) is 16.2. The van der Waals surface area contributed by atoms with Crippen LogP contribution in [0.5, 0.6) is 0 Å². The van der Waals surface area contributed by atoms with Crippen molar-refractivity contribution in [3.8, 4) is 0 Å². The molecule has 15 heavy (non-hydrogen) atoms. The molecule has 1 rings (SSSR count). The largest absolute Gasteiger partial charge is 0.347 e. The van der Waals surface area contributed by atoms with Crippen molar-refractivity contribution < 1.29 is 4.79 Å². The smallest absolute Gasteiger partial charge is 0.263 e. The first-order valence-electron chi connectivity index (χ1n) is 5.03. The molecule has 0 spiro atoms. The fraction of sp³-hybridized carbons (Fsp3) is 0.600. The van der Waals surface area contributed by atoms with Gasteiger partial charge in [-0.1, -0.05) is 13.8 Å².